The molecule has 5 nitrogen and oxygen atoms in total. The van der Waals surface area contributed by atoms with Crippen molar-refractivity contribution in [1.82, 2.24) is 20.9 Å². The minimum Gasteiger partial charge on any atom is -0.386 e. The Bertz CT molecular complexity index is 207. The van der Waals surface area contributed by atoms with Crippen LogP contribution in [0.15, 0.2) is 12.4 Å². The summed E-state index contributed by atoms with van der Waals surface area (Å²) in [5.41, 5.74) is 5.50. The van der Waals surface area contributed by atoms with E-state index in [1.165, 1.54) is 6.42 Å². The van der Waals surface area contributed by atoms with E-state index in [1.807, 2.05) is 7.05 Å². The van der Waals surface area contributed by atoms with Crippen molar-refractivity contribution in [2.24, 2.45) is 5.73 Å². The molecule has 0 amide bonds. The van der Waals surface area contributed by atoms with Crippen LogP contribution in [0.3, 0.4) is 0 Å². The summed E-state index contributed by atoms with van der Waals surface area (Å²) in [5.74, 6) is 0.467. The van der Waals surface area contributed by atoms with Crippen molar-refractivity contribution < 1.29 is 0 Å². The van der Waals surface area contributed by atoms with Crippen molar-refractivity contribution in [3.63, 3.8) is 0 Å². The Morgan fingerprint density at radius 2 is 2.06 bits per heavy atom. The lowest BCUT2D eigenvalue weighted by Crippen LogP contribution is -2.52. The molecular weight excluding hydrogens is 214 g/mol. The molecule has 0 fully saturated rings. The zero-order valence-corrected chi connectivity index (χ0v) is 11.7. The molecule has 17 heavy (non-hydrogen) atoms. The van der Waals surface area contributed by atoms with Crippen LogP contribution < -0.4 is 21.7 Å². The van der Waals surface area contributed by atoms with Gasteiger partial charge in [0.2, 0.25) is 0 Å². The summed E-state index contributed by atoms with van der Waals surface area (Å²) in [5, 5.41) is 9.46. The van der Waals surface area contributed by atoms with Crippen molar-refractivity contribution in [1.29, 1.82) is 0 Å². The Kier molecular flexibility index (Phi) is 8.85. The zero-order valence-electron chi connectivity index (χ0n) is 11.7. The number of nitrogens with one attached hydrogen (secondary N) is 3. The summed E-state index contributed by atoms with van der Waals surface area (Å²) in [7, 11) is 4.05. The highest BCUT2D eigenvalue weighted by Crippen LogP contribution is 2.04. The lowest BCUT2D eigenvalue weighted by molar-refractivity contribution is 0.229. The molecule has 5 heteroatoms. The van der Waals surface area contributed by atoms with Crippen LogP contribution in [0.1, 0.15) is 26.7 Å². The van der Waals surface area contributed by atoms with E-state index in [0.717, 1.165) is 19.5 Å². The van der Waals surface area contributed by atoms with Crippen LogP contribution in [-0.4, -0.2) is 44.4 Å². The highest BCUT2D eigenvalue weighted by molar-refractivity contribution is 4.84. The molecular formula is C12H29N5. The van der Waals surface area contributed by atoms with Gasteiger partial charge in [-0.25, -0.2) is 0 Å². The number of nitrogens with zero attached hydrogens (tertiary/aromatic N) is 1. The van der Waals surface area contributed by atoms with Gasteiger partial charge in [-0.2, -0.15) is 0 Å². The third-order valence-corrected chi connectivity index (χ3v) is 3.04. The van der Waals surface area contributed by atoms with Gasteiger partial charge in [-0.3, -0.25) is 10.6 Å². The lowest BCUT2D eigenvalue weighted by Gasteiger charge is -2.27. The minimum atomic E-state index is -0.0167. The average Bonchev–Trinajstić information content (AvgIpc) is 2.31. The molecule has 0 spiro atoms. The minimum absolute atomic E-state index is 0.0167. The molecule has 2 unspecified atom stereocenters. The second-order valence-corrected chi connectivity index (χ2v) is 4.27. The number of hydrogen-bond acceptors (Lipinski definition) is 5. The van der Waals surface area contributed by atoms with Crippen LogP contribution in [0.5, 0.6) is 0 Å². The standard InChI is InChI=1S/C12H29N5/c1-6-11(17(5)7-2)8-9-15-12(14-4)16-10(3)13/h11-12,14-16H,3,6-9,13H2,1-2,4-5H3. The Hall–Kier alpha value is -0.780. The van der Waals surface area contributed by atoms with Gasteiger partial charge in [0.05, 0.1) is 5.82 Å². The van der Waals surface area contributed by atoms with Gasteiger partial charge >= 0.3 is 0 Å². The predicted molar refractivity (Wildman–Crippen MR) is 74.3 cm³/mol. The Labute approximate surface area is 106 Å². The fraction of sp³-hybridized carbons (Fsp3) is 0.833. The fourth-order valence-corrected chi connectivity index (χ4v) is 1.80. The molecule has 0 aliphatic heterocycles. The Morgan fingerprint density at radius 1 is 1.41 bits per heavy atom. The second-order valence-electron chi connectivity index (χ2n) is 4.27. The molecule has 0 bridgehead atoms. The summed E-state index contributed by atoms with van der Waals surface area (Å²) in [6.07, 6.45) is 2.28. The molecule has 0 radical (unpaired) electrons. The monoisotopic (exact) mass is 243 g/mol. The molecule has 0 aromatic rings. The van der Waals surface area contributed by atoms with Crippen molar-refractivity contribution >= 4 is 0 Å². The van der Waals surface area contributed by atoms with Crippen molar-refractivity contribution in [3.8, 4) is 0 Å². The van der Waals surface area contributed by atoms with Crippen molar-refractivity contribution in [3.05, 3.63) is 12.4 Å². The van der Waals surface area contributed by atoms with E-state index < -0.39 is 0 Å². The summed E-state index contributed by atoms with van der Waals surface area (Å²) in [6.45, 7) is 10.1. The SMILES string of the molecule is C=C(N)NC(NC)NCCC(CC)N(C)CC. The van der Waals surface area contributed by atoms with Crippen LogP contribution in [0.4, 0.5) is 0 Å². The van der Waals surface area contributed by atoms with E-state index in [4.69, 9.17) is 5.73 Å². The lowest BCUT2D eigenvalue weighted by atomic mass is 10.1. The van der Waals surface area contributed by atoms with Gasteiger partial charge in [-0.15, -0.1) is 0 Å². The smallest absolute Gasteiger partial charge is 0.133 e. The van der Waals surface area contributed by atoms with Crippen LogP contribution in [0, 0.1) is 0 Å². The topological polar surface area (TPSA) is 65.3 Å². The van der Waals surface area contributed by atoms with Crippen LogP contribution >= 0.6 is 0 Å². The zero-order chi connectivity index (χ0) is 13.3. The van der Waals surface area contributed by atoms with Gasteiger partial charge in [0.15, 0.2) is 0 Å². The third kappa shape index (κ3) is 7.20. The molecule has 0 saturated carbocycles. The third-order valence-electron chi connectivity index (χ3n) is 3.04. The molecule has 0 aliphatic rings. The van der Waals surface area contributed by atoms with E-state index >= 15 is 0 Å². The van der Waals surface area contributed by atoms with Crippen LogP contribution in [-0.2, 0) is 0 Å². The van der Waals surface area contributed by atoms with Crippen molar-refractivity contribution in [2.75, 3.05) is 27.2 Å². The molecule has 102 valence electrons. The maximum absolute atomic E-state index is 5.50. The first-order chi connectivity index (χ1) is 8.04. The first-order valence-electron chi connectivity index (χ1n) is 6.36. The number of nitrogens with two attached hydrogens (primary N) is 1. The van der Waals surface area contributed by atoms with Crippen LogP contribution in [0.2, 0.25) is 0 Å². The first-order valence-corrected chi connectivity index (χ1v) is 6.36. The van der Waals surface area contributed by atoms with E-state index in [0.29, 0.717) is 11.9 Å². The predicted octanol–water partition coefficient (Wildman–Crippen LogP) is 0.219. The van der Waals surface area contributed by atoms with Gasteiger partial charge in [-0.05, 0) is 40.0 Å². The summed E-state index contributed by atoms with van der Waals surface area (Å²) in [4.78, 5) is 2.38. The maximum Gasteiger partial charge on any atom is 0.133 e. The largest absolute Gasteiger partial charge is 0.386 e. The summed E-state index contributed by atoms with van der Waals surface area (Å²) >= 11 is 0. The van der Waals surface area contributed by atoms with E-state index in [-0.39, 0.29) is 6.29 Å². The summed E-state index contributed by atoms with van der Waals surface area (Å²) in [6, 6.07) is 0.631. The molecule has 0 aliphatic carbocycles. The van der Waals surface area contributed by atoms with Gasteiger partial charge in [-0.1, -0.05) is 20.4 Å². The molecule has 0 aromatic carbocycles. The summed E-state index contributed by atoms with van der Waals surface area (Å²) < 4.78 is 0. The first kappa shape index (κ1) is 16.2. The highest BCUT2D eigenvalue weighted by atomic mass is 15.3. The molecule has 0 saturated heterocycles. The van der Waals surface area contributed by atoms with Gasteiger partial charge in [0, 0.05) is 6.04 Å². The Morgan fingerprint density at radius 3 is 2.47 bits per heavy atom. The number of hydrogen-bond donors (Lipinski definition) is 4. The normalized spacial score (nSPS) is 14.6. The molecule has 0 rings (SSSR count). The highest BCUT2D eigenvalue weighted by Gasteiger charge is 2.11. The fourth-order valence-electron chi connectivity index (χ4n) is 1.80. The molecule has 0 heterocycles. The van der Waals surface area contributed by atoms with Gasteiger partial charge in [0.1, 0.15) is 6.29 Å². The number of rotatable bonds is 10. The van der Waals surface area contributed by atoms with Gasteiger partial charge < -0.3 is 16.0 Å². The van der Waals surface area contributed by atoms with E-state index in [1.54, 1.807) is 0 Å². The second kappa shape index (κ2) is 9.27. The maximum atomic E-state index is 5.50. The van der Waals surface area contributed by atoms with E-state index in [2.05, 4.69) is 48.3 Å². The average molecular weight is 243 g/mol. The molecule has 5 N–H and O–H groups in total. The Balaban J connectivity index is 3.89. The van der Waals surface area contributed by atoms with Gasteiger partial charge in [0.25, 0.3) is 0 Å². The van der Waals surface area contributed by atoms with E-state index in [9.17, 15) is 0 Å². The molecule has 2 atom stereocenters. The van der Waals surface area contributed by atoms with Crippen molar-refractivity contribution in [2.45, 2.75) is 39.0 Å². The molecule has 0 aromatic heterocycles. The van der Waals surface area contributed by atoms with Crippen LogP contribution in [0.25, 0.3) is 0 Å². The quantitative estimate of drug-likeness (QED) is 0.413.